The molecule has 1 aromatic rings. The zero-order valence-electron chi connectivity index (χ0n) is 11.4. The smallest absolute Gasteiger partial charge is 0.0947 e. The van der Waals surface area contributed by atoms with E-state index in [1.54, 1.807) is 0 Å². The Morgan fingerprint density at radius 2 is 2.26 bits per heavy atom. The lowest BCUT2D eigenvalue weighted by atomic mass is 9.93. The van der Waals surface area contributed by atoms with Crippen LogP contribution >= 0.6 is 11.8 Å². The lowest BCUT2D eigenvalue weighted by molar-refractivity contribution is -0.0769. The summed E-state index contributed by atoms with van der Waals surface area (Å²) >= 11 is 1.91. The van der Waals surface area contributed by atoms with Crippen LogP contribution in [-0.4, -0.2) is 30.7 Å². The van der Waals surface area contributed by atoms with E-state index in [-0.39, 0.29) is 5.60 Å². The minimum atomic E-state index is -0.0193. The molecule has 0 bridgehead atoms. The van der Waals surface area contributed by atoms with E-state index in [2.05, 4.69) is 25.1 Å². The lowest BCUT2D eigenvalue weighted by Crippen LogP contribution is -2.41. The summed E-state index contributed by atoms with van der Waals surface area (Å²) in [7, 11) is 0. The van der Waals surface area contributed by atoms with Gasteiger partial charge in [-0.25, -0.2) is 0 Å². The van der Waals surface area contributed by atoms with Crippen LogP contribution in [0.5, 0.6) is 0 Å². The fraction of sp³-hybridized carbons (Fsp3) is 0.600. The van der Waals surface area contributed by atoms with Gasteiger partial charge in [0.05, 0.1) is 12.2 Å². The average Bonchev–Trinajstić information content (AvgIpc) is 2.83. The van der Waals surface area contributed by atoms with Crippen LogP contribution in [0, 0.1) is 6.92 Å². The van der Waals surface area contributed by atoms with E-state index in [0.29, 0.717) is 5.25 Å². The van der Waals surface area contributed by atoms with Crippen molar-refractivity contribution >= 4 is 17.4 Å². The van der Waals surface area contributed by atoms with Crippen molar-refractivity contribution in [3.8, 4) is 0 Å². The predicted molar refractivity (Wildman–Crippen MR) is 78.6 cm³/mol. The second-order valence-corrected chi connectivity index (χ2v) is 6.90. The minimum absolute atomic E-state index is 0.0193. The molecule has 2 heterocycles. The minimum Gasteiger partial charge on any atom is -0.398 e. The third kappa shape index (κ3) is 2.76. The molecule has 0 aromatic heterocycles. The predicted octanol–water partition coefficient (Wildman–Crippen LogP) is 3.01. The lowest BCUT2D eigenvalue weighted by Gasteiger charge is -2.36. The summed E-state index contributed by atoms with van der Waals surface area (Å²) in [5, 5.41) is 0.583. The van der Waals surface area contributed by atoms with Crippen molar-refractivity contribution in [3.63, 3.8) is 0 Å². The van der Waals surface area contributed by atoms with Crippen molar-refractivity contribution < 1.29 is 9.47 Å². The molecule has 2 atom stereocenters. The van der Waals surface area contributed by atoms with Gasteiger partial charge >= 0.3 is 0 Å². The van der Waals surface area contributed by atoms with Crippen molar-refractivity contribution in [2.75, 3.05) is 25.6 Å². The number of hydrogen-bond acceptors (Lipinski definition) is 4. The molecule has 3 rings (SSSR count). The van der Waals surface area contributed by atoms with Gasteiger partial charge in [0.2, 0.25) is 0 Å². The van der Waals surface area contributed by atoms with E-state index < -0.39 is 0 Å². The number of thioether (sulfide) groups is 1. The number of nitrogens with two attached hydrogens (primary N) is 1. The maximum absolute atomic E-state index is 6.17. The molecule has 2 fully saturated rings. The largest absolute Gasteiger partial charge is 0.398 e. The summed E-state index contributed by atoms with van der Waals surface area (Å²) in [5.41, 5.74) is 8.24. The normalized spacial score (nSPS) is 30.9. The maximum Gasteiger partial charge on any atom is 0.0947 e. The highest BCUT2D eigenvalue weighted by Gasteiger charge is 2.41. The van der Waals surface area contributed by atoms with Crippen LogP contribution in [0.2, 0.25) is 0 Å². The highest BCUT2D eigenvalue weighted by Crippen LogP contribution is 2.41. The fourth-order valence-corrected chi connectivity index (χ4v) is 4.29. The van der Waals surface area contributed by atoms with Gasteiger partial charge in [0.25, 0.3) is 0 Å². The Morgan fingerprint density at radius 1 is 1.37 bits per heavy atom. The van der Waals surface area contributed by atoms with Crippen LogP contribution in [0.4, 0.5) is 5.69 Å². The summed E-state index contributed by atoms with van der Waals surface area (Å²) in [4.78, 5) is 1.21. The monoisotopic (exact) mass is 279 g/mol. The van der Waals surface area contributed by atoms with Crippen molar-refractivity contribution in [1.29, 1.82) is 0 Å². The topological polar surface area (TPSA) is 44.5 Å². The first-order valence-corrected chi connectivity index (χ1v) is 7.80. The first-order valence-electron chi connectivity index (χ1n) is 6.92. The number of ether oxygens (including phenoxy) is 2. The summed E-state index contributed by atoms with van der Waals surface area (Å²) in [5.74, 6) is 0. The number of nitrogen functional groups attached to an aromatic ring is 1. The number of benzene rings is 1. The zero-order chi connectivity index (χ0) is 13.3. The Labute approximate surface area is 118 Å². The summed E-state index contributed by atoms with van der Waals surface area (Å²) < 4.78 is 11.5. The van der Waals surface area contributed by atoms with E-state index in [4.69, 9.17) is 15.2 Å². The molecule has 2 unspecified atom stereocenters. The molecule has 0 radical (unpaired) electrons. The Balaban J connectivity index is 1.71. The third-order valence-electron chi connectivity index (χ3n) is 4.09. The number of hydrogen-bond donors (Lipinski definition) is 1. The van der Waals surface area contributed by atoms with Gasteiger partial charge < -0.3 is 15.2 Å². The van der Waals surface area contributed by atoms with Gasteiger partial charge in [0.1, 0.15) is 0 Å². The summed E-state index contributed by atoms with van der Waals surface area (Å²) in [6.07, 6.45) is 3.21. The van der Waals surface area contributed by atoms with E-state index in [9.17, 15) is 0 Å². The second kappa shape index (κ2) is 5.35. The van der Waals surface area contributed by atoms with E-state index in [0.717, 1.165) is 50.3 Å². The molecule has 1 spiro atoms. The third-order valence-corrected chi connectivity index (χ3v) is 5.44. The molecular weight excluding hydrogens is 258 g/mol. The SMILES string of the molecule is Cc1cccc(SC2CCOC3(CCOC3)C2)c1N. The molecule has 104 valence electrons. The Bertz CT molecular complexity index is 457. The van der Waals surface area contributed by atoms with E-state index in [1.807, 2.05) is 11.8 Å². The molecule has 0 amide bonds. The van der Waals surface area contributed by atoms with Gasteiger partial charge in [-0.05, 0) is 31.4 Å². The molecular formula is C15H21NO2S. The first-order chi connectivity index (χ1) is 9.19. The van der Waals surface area contributed by atoms with Crippen LogP contribution < -0.4 is 5.73 Å². The van der Waals surface area contributed by atoms with Gasteiger partial charge in [-0.3, -0.25) is 0 Å². The van der Waals surface area contributed by atoms with Crippen LogP contribution in [0.15, 0.2) is 23.1 Å². The first kappa shape index (κ1) is 13.3. The molecule has 2 aliphatic heterocycles. The molecule has 0 aliphatic carbocycles. The van der Waals surface area contributed by atoms with Gasteiger partial charge in [-0.2, -0.15) is 0 Å². The van der Waals surface area contributed by atoms with E-state index in [1.165, 1.54) is 4.90 Å². The molecule has 19 heavy (non-hydrogen) atoms. The fourth-order valence-electron chi connectivity index (χ4n) is 2.88. The van der Waals surface area contributed by atoms with Crippen LogP contribution in [0.1, 0.15) is 24.8 Å². The van der Waals surface area contributed by atoms with Crippen molar-refractivity contribution in [3.05, 3.63) is 23.8 Å². The second-order valence-electron chi connectivity index (χ2n) is 5.55. The van der Waals surface area contributed by atoms with E-state index >= 15 is 0 Å². The van der Waals surface area contributed by atoms with Crippen LogP contribution in [0.25, 0.3) is 0 Å². The molecule has 3 nitrogen and oxygen atoms in total. The molecule has 2 aliphatic rings. The Kier molecular flexibility index (Phi) is 3.74. The quantitative estimate of drug-likeness (QED) is 0.845. The average molecular weight is 279 g/mol. The van der Waals surface area contributed by atoms with Gasteiger partial charge in [-0.15, -0.1) is 11.8 Å². The highest BCUT2D eigenvalue weighted by atomic mass is 32.2. The molecule has 2 saturated heterocycles. The zero-order valence-corrected chi connectivity index (χ0v) is 12.2. The molecule has 0 saturated carbocycles. The highest BCUT2D eigenvalue weighted by molar-refractivity contribution is 8.00. The van der Waals surface area contributed by atoms with Gasteiger partial charge in [-0.1, -0.05) is 12.1 Å². The van der Waals surface area contributed by atoms with Gasteiger partial charge in [0, 0.05) is 35.5 Å². The number of rotatable bonds is 2. The number of para-hydroxylation sites is 1. The van der Waals surface area contributed by atoms with Crippen molar-refractivity contribution in [1.82, 2.24) is 0 Å². The van der Waals surface area contributed by atoms with Crippen molar-refractivity contribution in [2.45, 2.75) is 41.9 Å². The number of anilines is 1. The Morgan fingerprint density at radius 3 is 3.05 bits per heavy atom. The van der Waals surface area contributed by atoms with Gasteiger partial charge in [0.15, 0.2) is 0 Å². The molecule has 4 heteroatoms. The standard InChI is InChI=1S/C15H21NO2S/c1-11-3-2-4-13(14(11)16)19-12-5-7-18-15(9-12)6-8-17-10-15/h2-4,12H,5-10,16H2,1H3. The maximum atomic E-state index is 6.17. The molecule has 2 N–H and O–H groups in total. The summed E-state index contributed by atoms with van der Waals surface area (Å²) in [6.45, 7) is 4.50. The molecule has 1 aromatic carbocycles. The Hall–Kier alpha value is -0.710. The summed E-state index contributed by atoms with van der Waals surface area (Å²) in [6, 6.07) is 6.28. The van der Waals surface area contributed by atoms with Crippen molar-refractivity contribution in [2.24, 2.45) is 0 Å². The number of aryl methyl sites for hydroxylation is 1. The van der Waals surface area contributed by atoms with Crippen LogP contribution in [-0.2, 0) is 9.47 Å². The van der Waals surface area contributed by atoms with Crippen LogP contribution in [0.3, 0.4) is 0 Å².